The number of aryl methyl sites for hydroxylation is 2. The molecule has 4 fully saturated rings. The van der Waals surface area contributed by atoms with Gasteiger partial charge in [-0.2, -0.15) is 0 Å². The van der Waals surface area contributed by atoms with Crippen LogP contribution in [0.3, 0.4) is 0 Å². The number of aliphatic carboxylic acids is 2. The van der Waals surface area contributed by atoms with Crippen LogP contribution < -0.4 is 9.47 Å². The molecule has 4 heterocycles. The van der Waals surface area contributed by atoms with Crippen LogP contribution in [0, 0.1) is 73.5 Å². The first-order valence-electron chi connectivity index (χ1n) is 36.8. The van der Waals surface area contributed by atoms with Gasteiger partial charge in [0, 0.05) is 36.5 Å². The predicted molar refractivity (Wildman–Crippen MR) is 402 cm³/mol. The number of rotatable bonds is 22. The van der Waals surface area contributed by atoms with E-state index in [2.05, 4.69) is 38.7 Å². The van der Waals surface area contributed by atoms with E-state index in [1.165, 1.54) is 35.1 Å². The number of aromatic nitrogens is 2. The number of carbonyl (C=O) groups excluding carboxylic acids is 6. The van der Waals surface area contributed by atoms with Gasteiger partial charge in [-0.25, -0.2) is 29.1 Å². The number of carboxylic acid groups (broad SMARTS) is 2. The molecule has 6 aliphatic rings. The van der Waals surface area contributed by atoms with E-state index < -0.39 is 89.4 Å². The highest BCUT2D eigenvalue weighted by Crippen LogP contribution is 2.43. The Bertz CT molecular complexity index is 4340. The summed E-state index contributed by atoms with van der Waals surface area (Å²) < 4.78 is 45.3. The summed E-state index contributed by atoms with van der Waals surface area (Å²) in [5.41, 5.74) is 7.43. The van der Waals surface area contributed by atoms with Gasteiger partial charge in [0.2, 0.25) is 11.8 Å². The fourth-order valence-corrected chi connectivity index (χ4v) is 15.1. The summed E-state index contributed by atoms with van der Waals surface area (Å²) in [4.78, 5) is 111. The molecule has 12 rings (SSSR count). The van der Waals surface area contributed by atoms with Crippen LogP contribution in [0.1, 0.15) is 158 Å². The average molecular weight is 1530 g/mol. The molecule has 2 amide bonds. The summed E-state index contributed by atoms with van der Waals surface area (Å²) in [6, 6.07) is 29.9. The molecule has 4 aliphatic carbocycles. The second kappa shape index (κ2) is 35.3. The Kier molecular flexibility index (Phi) is 26.3. The van der Waals surface area contributed by atoms with Gasteiger partial charge < -0.3 is 48.1 Å². The Morgan fingerprint density at radius 3 is 1.36 bits per heavy atom. The Hall–Kier alpha value is -9.74. The van der Waals surface area contributed by atoms with Crippen molar-refractivity contribution in [2.24, 2.45) is 35.5 Å². The number of hydrogen-bond acceptors (Lipinski definition) is 18. The van der Waals surface area contributed by atoms with Crippen molar-refractivity contribution in [3.63, 3.8) is 0 Å². The summed E-state index contributed by atoms with van der Waals surface area (Å²) in [5, 5.41) is 21.5. The molecule has 2 saturated heterocycles. The molecule has 0 radical (unpaired) electrons. The molecule has 0 spiro atoms. The highest BCUT2D eigenvalue weighted by Gasteiger charge is 2.47. The number of pyridine rings is 2. The van der Waals surface area contributed by atoms with E-state index in [-0.39, 0.29) is 68.3 Å². The number of ether oxygens (including phenoxy) is 8. The molecule has 2 saturated carbocycles. The Morgan fingerprint density at radius 2 is 0.953 bits per heavy atom. The number of benzene rings is 4. The molecule has 23 heteroatoms. The fraction of sp³-hybridized carbons (Fsp3) is 0.500. The van der Waals surface area contributed by atoms with E-state index in [1.807, 2.05) is 111 Å². The number of para-hydroxylation sites is 2. The summed E-state index contributed by atoms with van der Waals surface area (Å²) in [5.74, 6) is 5.26. The average Bonchev–Trinajstić information content (AvgIpc) is 1.71. The first-order chi connectivity index (χ1) is 51.0. The molecule has 10 atom stereocenters. The Balaban J connectivity index is 0.000000190. The first-order valence-corrected chi connectivity index (χ1v) is 37.6. The van der Waals surface area contributed by atoms with Gasteiger partial charge in [-0.1, -0.05) is 96.8 Å². The van der Waals surface area contributed by atoms with Crippen LogP contribution in [-0.2, 0) is 82.9 Å². The molecule has 0 unspecified atom stereocenters. The molecule has 2 N–H and O–H groups in total. The Labute approximate surface area is 633 Å². The number of amides is 2. The van der Waals surface area contributed by atoms with Gasteiger partial charge in [-0.3, -0.25) is 29.0 Å². The quantitative estimate of drug-likeness (QED) is 0.0276. The number of terminal acetylenes is 1. The summed E-state index contributed by atoms with van der Waals surface area (Å²) in [6.07, 6.45) is 12.6. The van der Waals surface area contributed by atoms with Gasteiger partial charge in [0.1, 0.15) is 47.7 Å². The number of carboxylic acids is 2. The molecular weight excluding hydrogens is 1430 g/mol. The molecule has 2 aliphatic heterocycles. The molecule has 6 aromatic rings. The van der Waals surface area contributed by atoms with Crippen molar-refractivity contribution in [1.29, 1.82) is 0 Å². The maximum Gasteiger partial charge on any atom is 0.411 e. The smallest absolute Gasteiger partial charge is 0.411 e. The molecular formula is C84H97BrN4O18. The SMILES string of the molecule is C#CCCC[C@@H]1C[C@H]1OC(=O)C[C@H](C(=O)O)C1Cc2ccccc2C1.COC(=O)[C@@H]1C[C@@H](Oc2nc3ccccc3c(C)c2Br)CN1C(=O)OC(C)(C)C.COC(=O)[C@@H]1C[C@@H](Oc2nc3ccccc3c(C)c2C#CCCC[C@@H]2C[C@H]2OC(=O)C[C@H](C(=O)O)C2Cc3ccccc3C2)CN1C(=O)OC(C)(C)C. The normalized spacial score (nSPS) is 21.1. The second-order valence-electron chi connectivity index (χ2n) is 30.6. The van der Waals surface area contributed by atoms with Crippen LogP contribution in [0.4, 0.5) is 9.59 Å². The summed E-state index contributed by atoms with van der Waals surface area (Å²) in [6.45, 7) is 14.9. The molecule has 107 heavy (non-hydrogen) atoms. The number of esters is 4. The van der Waals surface area contributed by atoms with Gasteiger partial charge in [-0.15, -0.1) is 12.3 Å². The van der Waals surface area contributed by atoms with Crippen molar-refractivity contribution in [3.8, 4) is 35.9 Å². The monoisotopic (exact) mass is 1530 g/mol. The molecule has 0 bridgehead atoms. The minimum Gasteiger partial charge on any atom is -0.481 e. The molecule has 4 aromatic carbocycles. The zero-order valence-electron chi connectivity index (χ0n) is 62.6. The van der Waals surface area contributed by atoms with Crippen molar-refractivity contribution in [1.82, 2.24) is 19.8 Å². The lowest BCUT2D eigenvalue weighted by Crippen LogP contribution is -2.44. The van der Waals surface area contributed by atoms with E-state index in [0.29, 0.717) is 48.9 Å². The number of carbonyl (C=O) groups is 8. The van der Waals surface area contributed by atoms with Crippen LogP contribution in [-0.4, -0.2) is 153 Å². The van der Waals surface area contributed by atoms with E-state index in [4.69, 9.17) is 49.3 Å². The number of likely N-dealkylation sites (tertiary alicyclic amines) is 2. The zero-order valence-corrected chi connectivity index (χ0v) is 64.2. The maximum atomic E-state index is 13.0. The van der Waals surface area contributed by atoms with Gasteiger partial charge in [0.25, 0.3) is 0 Å². The minimum atomic E-state index is -0.951. The zero-order chi connectivity index (χ0) is 77.0. The highest BCUT2D eigenvalue weighted by molar-refractivity contribution is 9.10. The van der Waals surface area contributed by atoms with Crippen molar-refractivity contribution >= 4 is 85.7 Å². The van der Waals surface area contributed by atoms with Crippen LogP contribution >= 0.6 is 15.9 Å². The number of fused-ring (bicyclic) bond motifs is 4. The standard InChI is InChI=1S/C42H48N2O9.C21H25BrN2O5.C21H24O4/c1-25-31-16-11-12-18-34(31)43-38(51-30-22-35(40(48)50-5)44(24-30)41(49)53-42(2,3)4)32(25)17-8-6-7-15-28-21-36(28)52-37(45)23-33(39(46)47)29-19-26-13-9-10-14-27(26)20-29;1-12-14-8-6-7-9-15(14)23-18(17(12)22)28-13-10-16(19(25)27-5)24(11-13)20(26)29-21(2,3)4;1-2-3-4-9-16-12-19(16)25-20(22)13-18(21(23)24)17-10-14-7-5-6-8-15(14)11-17/h9-14,16,18,28-30,33,35-36H,6-7,15,19-24H2,1-5H3,(H,46,47);6-9,13,16H,10-11H2,1-5H3;1,5-8,16-19H,3-4,9-13H2,(H,23,24)/t28-,30-,33+,35+,36-;13-,16+;16-,18+,19-/m111/s1. The first kappa shape index (κ1) is 79.8. The van der Waals surface area contributed by atoms with E-state index in [1.54, 1.807) is 41.5 Å². The number of methoxy groups -OCH3 is 2. The second-order valence-corrected chi connectivity index (χ2v) is 31.4. The topological polar surface area (TPSA) is 283 Å². The van der Waals surface area contributed by atoms with Crippen LogP contribution in [0.15, 0.2) is 102 Å². The lowest BCUT2D eigenvalue weighted by molar-refractivity contribution is -0.154. The number of unbranched alkanes of at least 4 members (excludes halogenated alkanes) is 2. The van der Waals surface area contributed by atoms with Gasteiger partial charge >= 0.3 is 48.0 Å². The maximum absolute atomic E-state index is 13.0. The predicted octanol–water partition coefficient (Wildman–Crippen LogP) is 13.9. The van der Waals surface area contributed by atoms with Crippen molar-refractivity contribution in [2.45, 2.75) is 206 Å². The van der Waals surface area contributed by atoms with Crippen LogP contribution in [0.5, 0.6) is 11.8 Å². The number of halogens is 1. The molecule has 568 valence electrons. The largest absolute Gasteiger partial charge is 0.481 e. The fourth-order valence-electron chi connectivity index (χ4n) is 14.7. The number of hydrogen-bond donors (Lipinski definition) is 2. The molecule has 2 aromatic heterocycles. The van der Waals surface area contributed by atoms with Crippen molar-refractivity contribution < 1.29 is 86.5 Å². The van der Waals surface area contributed by atoms with Crippen LogP contribution in [0.2, 0.25) is 0 Å². The van der Waals surface area contributed by atoms with Crippen molar-refractivity contribution in [3.05, 3.63) is 140 Å². The van der Waals surface area contributed by atoms with E-state index >= 15 is 0 Å². The lowest BCUT2D eigenvalue weighted by atomic mass is 9.87. The van der Waals surface area contributed by atoms with Crippen LogP contribution in [0.25, 0.3) is 21.8 Å². The molecule has 22 nitrogen and oxygen atoms in total. The Morgan fingerprint density at radius 1 is 0.561 bits per heavy atom. The van der Waals surface area contributed by atoms with Gasteiger partial charge in [0.05, 0.1) is 73.1 Å². The third kappa shape index (κ3) is 21.1. The van der Waals surface area contributed by atoms with Crippen molar-refractivity contribution in [2.75, 3.05) is 27.3 Å². The lowest BCUT2D eigenvalue weighted by Gasteiger charge is -2.27. The third-order valence-corrected chi connectivity index (χ3v) is 21.4. The van der Waals surface area contributed by atoms with Gasteiger partial charge in [-0.05, 0) is 205 Å². The van der Waals surface area contributed by atoms with Gasteiger partial charge in [0.15, 0.2) is 0 Å². The number of nitrogens with zero attached hydrogens (tertiary/aromatic N) is 4. The highest BCUT2D eigenvalue weighted by atomic mass is 79.9. The van der Waals surface area contributed by atoms with E-state index in [0.717, 1.165) is 106 Å². The summed E-state index contributed by atoms with van der Waals surface area (Å²) in [7, 11) is 2.59. The van der Waals surface area contributed by atoms with E-state index in [9.17, 15) is 48.6 Å². The summed E-state index contributed by atoms with van der Waals surface area (Å²) >= 11 is 3.57. The third-order valence-electron chi connectivity index (χ3n) is 20.4. The minimum absolute atomic E-state index is 0.0342.